The van der Waals surface area contributed by atoms with Gasteiger partial charge >= 0.3 is 0 Å². The molecule has 0 atom stereocenters. The molecular weight excluding hydrogens is 238 g/mol. The quantitative estimate of drug-likeness (QED) is 0.782. The highest BCUT2D eigenvalue weighted by Crippen LogP contribution is 2.28. The zero-order chi connectivity index (χ0) is 13.4. The normalized spacial score (nSPS) is 11.3. The number of imidazole rings is 1. The summed E-state index contributed by atoms with van der Waals surface area (Å²) in [6.07, 6.45) is 1.70. The van der Waals surface area contributed by atoms with Gasteiger partial charge in [-0.2, -0.15) is 0 Å². The monoisotopic (exact) mass is 255 g/mol. The van der Waals surface area contributed by atoms with Crippen molar-refractivity contribution in [1.82, 2.24) is 9.55 Å². The van der Waals surface area contributed by atoms with E-state index in [2.05, 4.69) is 29.7 Å². The van der Waals surface area contributed by atoms with Crippen LogP contribution in [0.3, 0.4) is 0 Å². The maximum atomic E-state index is 5.69. The van der Waals surface area contributed by atoms with Gasteiger partial charge in [0.1, 0.15) is 11.6 Å². The fourth-order valence-electron chi connectivity index (χ4n) is 2.44. The van der Waals surface area contributed by atoms with Crippen LogP contribution in [0, 0.1) is 6.92 Å². The molecule has 98 valence electrons. The van der Waals surface area contributed by atoms with E-state index in [1.165, 1.54) is 0 Å². The third-order valence-electron chi connectivity index (χ3n) is 3.46. The van der Waals surface area contributed by atoms with Crippen LogP contribution in [-0.4, -0.2) is 9.55 Å². The third kappa shape index (κ3) is 1.85. The van der Waals surface area contributed by atoms with Crippen molar-refractivity contribution >= 4 is 11.0 Å². The molecule has 3 aromatic rings. The number of aryl methyl sites for hydroxylation is 2. The zero-order valence-corrected chi connectivity index (χ0v) is 11.2. The Bertz CT molecular complexity index is 724. The van der Waals surface area contributed by atoms with Crippen molar-refractivity contribution < 1.29 is 4.42 Å². The van der Waals surface area contributed by atoms with Gasteiger partial charge in [-0.1, -0.05) is 6.07 Å². The van der Waals surface area contributed by atoms with Gasteiger partial charge in [0.25, 0.3) is 0 Å². The minimum Gasteiger partial charge on any atom is -0.469 e. The highest BCUT2D eigenvalue weighted by molar-refractivity contribution is 5.81. The molecule has 0 saturated heterocycles. The summed E-state index contributed by atoms with van der Waals surface area (Å²) < 4.78 is 7.59. The molecule has 0 aliphatic rings. The van der Waals surface area contributed by atoms with Gasteiger partial charge in [-0.25, -0.2) is 4.98 Å². The van der Waals surface area contributed by atoms with Crippen LogP contribution in [0.25, 0.3) is 22.4 Å². The molecule has 0 aliphatic carbocycles. The third-order valence-corrected chi connectivity index (χ3v) is 3.46. The van der Waals surface area contributed by atoms with E-state index in [-0.39, 0.29) is 0 Å². The largest absolute Gasteiger partial charge is 0.469 e. The van der Waals surface area contributed by atoms with Gasteiger partial charge in [-0.3, -0.25) is 0 Å². The molecule has 0 fully saturated rings. The lowest BCUT2D eigenvalue weighted by molar-refractivity contribution is 0.534. The van der Waals surface area contributed by atoms with Crippen LogP contribution in [0.2, 0.25) is 0 Å². The van der Waals surface area contributed by atoms with Gasteiger partial charge in [-0.15, -0.1) is 0 Å². The summed E-state index contributed by atoms with van der Waals surface area (Å²) in [4.78, 5) is 4.74. The second-order valence-corrected chi connectivity index (χ2v) is 4.60. The Kier molecular flexibility index (Phi) is 2.87. The Morgan fingerprint density at radius 1 is 1.32 bits per heavy atom. The highest BCUT2D eigenvalue weighted by Gasteiger charge is 2.14. The van der Waals surface area contributed by atoms with Crippen LogP contribution in [0.1, 0.15) is 18.2 Å². The van der Waals surface area contributed by atoms with Crippen LogP contribution in [0.5, 0.6) is 0 Å². The van der Waals surface area contributed by atoms with Crippen molar-refractivity contribution in [3.05, 3.63) is 41.9 Å². The van der Waals surface area contributed by atoms with E-state index in [9.17, 15) is 0 Å². The molecule has 0 radical (unpaired) electrons. The number of nitrogens with two attached hydrogens (primary N) is 1. The summed E-state index contributed by atoms with van der Waals surface area (Å²) in [5.74, 6) is 1.85. The maximum absolute atomic E-state index is 5.69. The van der Waals surface area contributed by atoms with Crippen LogP contribution in [-0.2, 0) is 13.1 Å². The van der Waals surface area contributed by atoms with E-state index in [1.54, 1.807) is 6.26 Å². The second-order valence-electron chi connectivity index (χ2n) is 4.60. The van der Waals surface area contributed by atoms with Gasteiger partial charge in [-0.05, 0) is 37.6 Å². The number of nitrogens with zero attached hydrogens (tertiary/aromatic N) is 2. The molecule has 0 amide bonds. The van der Waals surface area contributed by atoms with Gasteiger partial charge in [0.05, 0.1) is 22.9 Å². The van der Waals surface area contributed by atoms with Crippen molar-refractivity contribution in [1.29, 1.82) is 0 Å². The number of hydrogen-bond donors (Lipinski definition) is 1. The molecule has 2 N–H and O–H groups in total. The van der Waals surface area contributed by atoms with Gasteiger partial charge in [0.2, 0.25) is 0 Å². The van der Waals surface area contributed by atoms with Gasteiger partial charge in [0.15, 0.2) is 0 Å². The lowest BCUT2D eigenvalue weighted by Crippen LogP contribution is -1.98. The summed E-state index contributed by atoms with van der Waals surface area (Å²) in [5.41, 5.74) is 9.96. The molecule has 2 heterocycles. The molecule has 0 spiro atoms. The van der Waals surface area contributed by atoms with Crippen LogP contribution in [0.15, 0.2) is 34.9 Å². The molecule has 1 aromatic carbocycles. The van der Waals surface area contributed by atoms with Crippen LogP contribution in [0.4, 0.5) is 0 Å². The Hall–Kier alpha value is -2.07. The molecule has 4 heteroatoms. The molecule has 0 bridgehead atoms. The van der Waals surface area contributed by atoms with Crippen molar-refractivity contribution in [3.63, 3.8) is 0 Å². The summed E-state index contributed by atoms with van der Waals surface area (Å²) in [7, 11) is 0. The SMILES string of the molecule is CCn1c(-c2ccoc2C)nc2cc(CN)ccc21. The Labute approximate surface area is 111 Å². The average Bonchev–Trinajstić information content (AvgIpc) is 3.00. The maximum Gasteiger partial charge on any atom is 0.144 e. The Balaban J connectivity index is 2.27. The number of hydrogen-bond acceptors (Lipinski definition) is 3. The smallest absolute Gasteiger partial charge is 0.144 e. The topological polar surface area (TPSA) is 57.0 Å². The number of fused-ring (bicyclic) bond motifs is 1. The molecule has 19 heavy (non-hydrogen) atoms. The molecular formula is C15H17N3O. The average molecular weight is 255 g/mol. The minimum atomic E-state index is 0.537. The highest BCUT2D eigenvalue weighted by atomic mass is 16.3. The Morgan fingerprint density at radius 3 is 2.79 bits per heavy atom. The van der Waals surface area contributed by atoms with Crippen LogP contribution < -0.4 is 5.73 Å². The van der Waals surface area contributed by atoms with E-state index >= 15 is 0 Å². The molecule has 0 unspecified atom stereocenters. The molecule has 2 aromatic heterocycles. The number of aromatic nitrogens is 2. The first-order valence-electron chi connectivity index (χ1n) is 6.48. The minimum absolute atomic E-state index is 0.537. The first-order valence-corrected chi connectivity index (χ1v) is 6.48. The summed E-state index contributed by atoms with van der Waals surface area (Å²) >= 11 is 0. The van der Waals surface area contributed by atoms with Crippen molar-refractivity contribution in [2.75, 3.05) is 0 Å². The molecule has 0 aliphatic heterocycles. The summed E-state index contributed by atoms with van der Waals surface area (Å²) in [6.45, 7) is 5.49. The van der Waals surface area contributed by atoms with E-state index in [0.717, 1.165) is 40.3 Å². The van der Waals surface area contributed by atoms with Crippen LogP contribution >= 0.6 is 0 Å². The van der Waals surface area contributed by atoms with E-state index < -0.39 is 0 Å². The van der Waals surface area contributed by atoms with E-state index in [1.807, 2.05) is 13.0 Å². The van der Waals surface area contributed by atoms with Crippen molar-refractivity contribution in [3.8, 4) is 11.4 Å². The number of rotatable bonds is 3. The lowest BCUT2D eigenvalue weighted by atomic mass is 10.2. The number of benzene rings is 1. The number of furan rings is 1. The fourth-order valence-corrected chi connectivity index (χ4v) is 2.44. The molecule has 4 nitrogen and oxygen atoms in total. The summed E-state index contributed by atoms with van der Waals surface area (Å²) in [6, 6.07) is 8.17. The first-order chi connectivity index (χ1) is 9.24. The van der Waals surface area contributed by atoms with E-state index in [0.29, 0.717) is 6.54 Å². The van der Waals surface area contributed by atoms with Gasteiger partial charge < -0.3 is 14.7 Å². The predicted molar refractivity (Wildman–Crippen MR) is 75.7 cm³/mol. The standard InChI is InChI=1S/C15H17N3O/c1-3-18-14-5-4-11(9-16)8-13(14)17-15(18)12-6-7-19-10(12)2/h4-8H,3,9,16H2,1-2H3. The van der Waals surface area contributed by atoms with Crippen molar-refractivity contribution in [2.45, 2.75) is 26.9 Å². The zero-order valence-electron chi connectivity index (χ0n) is 11.2. The molecule has 0 saturated carbocycles. The van der Waals surface area contributed by atoms with Crippen molar-refractivity contribution in [2.24, 2.45) is 5.73 Å². The Morgan fingerprint density at radius 2 is 2.16 bits per heavy atom. The first kappa shape index (κ1) is 12.0. The second kappa shape index (κ2) is 4.55. The van der Waals surface area contributed by atoms with Gasteiger partial charge in [0, 0.05) is 13.1 Å². The molecule has 3 rings (SSSR count). The summed E-state index contributed by atoms with van der Waals surface area (Å²) in [5, 5.41) is 0. The fraction of sp³-hybridized carbons (Fsp3) is 0.267. The van der Waals surface area contributed by atoms with E-state index in [4.69, 9.17) is 15.1 Å². The predicted octanol–water partition coefficient (Wildman–Crippen LogP) is 3.08. The lowest BCUT2D eigenvalue weighted by Gasteiger charge is -2.05.